The molecular formula is C13H14Cl2N2O3. The van der Waals surface area contributed by atoms with Crippen molar-refractivity contribution in [1.29, 1.82) is 0 Å². The van der Waals surface area contributed by atoms with Gasteiger partial charge in [0, 0.05) is 25.7 Å². The summed E-state index contributed by atoms with van der Waals surface area (Å²) in [6, 6.07) is 3.12. The van der Waals surface area contributed by atoms with E-state index < -0.39 is 0 Å². The number of benzene rings is 1. The molecule has 2 rings (SSSR count). The Morgan fingerprint density at radius 1 is 1.40 bits per heavy atom. The predicted molar refractivity (Wildman–Crippen MR) is 77.4 cm³/mol. The second-order valence-electron chi connectivity index (χ2n) is 4.64. The molecule has 0 aliphatic carbocycles. The molecule has 0 saturated carbocycles. The average molecular weight is 317 g/mol. The molecule has 1 aromatic rings. The van der Waals surface area contributed by atoms with Gasteiger partial charge in [-0.25, -0.2) is 0 Å². The summed E-state index contributed by atoms with van der Waals surface area (Å²) < 4.78 is 5.04. The van der Waals surface area contributed by atoms with Crippen LogP contribution in [0.25, 0.3) is 0 Å². The maximum atomic E-state index is 12.1. The lowest BCUT2D eigenvalue weighted by Crippen LogP contribution is -2.25. The molecule has 1 fully saturated rings. The molecule has 1 aromatic carbocycles. The summed E-state index contributed by atoms with van der Waals surface area (Å²) in [5.74, 6) is -0.245. The van der Waals surface area contributed by atoms with E-state index in [-0.39, 0.29) is 24.2 Å². The first-order valence-corrected chi connectivity index (χ1v) is 6.75. The number of hydrogen-bond donors (Lipinski definition) is 1. The highest BCUT2D eigenvalue weighted by molar-refractivity contribution is 6.37. The molecule has 0 radical (unpaired) electrons. The molecule has 1 N–H and O–H groups in total. The Bertz CT molecular complexity index is 540. The fourth-order valence-electron chi connectivity index (χ4n) is 2.11. The van der Waals surface area contributed by atoms with Crippen molar-refractivity contribution >= 4 is 40.7 Å². The van der Waals surface area contributed by atoms with Crippen molar-refractivity contribution in [2.75, 3.05) is 26.0 Å². The molecule has 2 amide bonds. The zero-order valence-corrected chi connectivity index (χ0v) is 12.6. The topological polar surface area (TPSA) is 58.6 Å². The van der Waals surface area contributed by atoms with Gasteiger partial charge in [-0.15, -0.1) is 0 Å². The fraction of sp³-hybridized carbons (Fsp3) is 0.385. The van der Waals surface area contributed by atoms with Crippen LogP contribution in [0.2, 0.25) is 10.0 Å². The summed E-state index contributed by atoms with van der Waals surface area (Å²) in [5.41, 5.74) is 0.479. The van der Waals surface area contributed by atoms with Gasteiger partial charge in [0.25, 0.3) is 0 Å². The SMILES string of the molecule is COc1c(Cl)cc(NC(=O)[C@@H]2CC(=O)N(C)C2)cc1Cl. The molecule has 0 aromatic heterocycles. The first-order chi connectivity index (χ1) is 9.42. The summed E-state index contributed by atoms with van der Waals surface area (Å²) in [5, 5.41) is 3.35. The van der Waals surface area contributed by atoms with Crippen LogP contribution in [0, 0.1) is 5.92 Å². The zero-order valence-electron chi connectivity index (χ0n) is 11.1. The van der Waals surface area contributed by atoms with E-state index >= 15 is 0 Å². The van der Waals surface area contributed by atoms with E-state index in [0.29, 0.717) is 28.0 Å². The number of likely N-dealkylation sites (tertiary alicyclic amines) is 1. The van der Waals surface area contributed by atoms with Gasteiger partial charge in [-0.1, -0.05) is 23.2 Å². The van der Waals surface area contributed by atoms with Gasteiger partial charge in [-0.2, -0.15) is 0 Å². The number of nitrogens with one attached hydrogen (secondary N) is 1. The van der Waals surface area contributed by atoms with Crippen molar-refractivity contribution < 1.29 is 14.3 Å². The van der Waals surface area contributed by atoms with Gasteiger partial charge in [0.05, 0.1) is 23.1 Å². The lowest BCUT2D eigenvalue weighted by molar-refractivity contribution is -0.127. The molecule has 1 aliphatic heterocycles. The molecule has 1 heterocycles. The number of anilines is 1. The van der Waals surface area contributed by atoms with Gasteiger partial charge < -0.3 is 15.0 Å². The fourth-order valence-corrected chi connectivity index (χ4v) is 2.75. The van der Waals surface area contributed by atoms with Crippen LogP contribution in [-0.4, -0.2) is 37.4 Å². The average Bonchev–Trinajstić information content (AvgIpc) is 2.69. The maximum absolute atomic E-state index is 12.1. The van der Waals surface area contributed by atoms with E-state index in [1.807, 2.05) is 0 Å². The van der Waals surface area contributed by atoms with Gasteiger partial charge in [0.15, 0.2) is 5.75 Å². The van der Waals surface area contributed by atoms with E-state index in [1.165, 1.54) is 12.0 Å². The van der Waals surface area contributed by atoms with Crippen LogP contribution in [0.3, 0.4) is 0 Å². The van der Waals surface area contributed by atoms with E-state index in [1.54, 1.807) is 19.2 Å². The smallest absolute Gasteiger partial charge is 0.229 e. The van der Waals surface area contributed by atoms with Crippen LogP contribution in [0.5, 0.6) is 5.75 Å². The minimum atomic E-state index is -0.354. The summed E-state index contributed by atoms with van der Waals surface area (Å²) in [7, 11) is 3.14. The van der Waals surface area contributed by atoms with E-state index in [2.05, 4.69) is 5.32 Å². The third-order valence-electron chi connectivity index (χ3n) is 3.18. The van der Waals surface area contributed by atoms with E-state index in [0.717, 1.165) is 0 Å². The van der Waals surface area contributed by atoms with Crippen LogP contribution >= 0.6 is 23.2 Å². The number of rotatable bonds is 3. The van der Waals surface area contributed by atoms with Crippen molar-refractivity contribution in [2.45, 2.75) is 6.42 Å². The summed E-state index contributed by atoms with van der Waals surface area (Å²) in [6.45, 7) is 0.419. The van der Waals surface area contributed by atoms with Crippen LogP contribution in [0.1, 0.15) is 6.42 Å². The highest BCUT2D eigenvalue weighted by atomic mass is 35.5. The molecule has 0 unspecified atom stereocenters. The lowest BCUT2D eigenvalue weighted by atomic mass is 10.1. The number of carbonyl (C=O) groups is 2. The number of methoxy groups -OCH3 is 1. The maximum Gasteiger partial charge on any atom is 0.229 e. The van der Waals surface area contributed by atoms with Crippen LogP contribution < -0.4 is 10.1 Å². The standard InChI is InChI=1S/C13H14Cl2N2O3/c1-17-6-7(3-11(17)18)13(19)16-8-4-9(14)12(20-2)10(15)5-8/h4-5,7H,3,6H2,1-2H3,(H,16,19)/t7-/m1/s1. The Balaban J connectivity index is 2.11. The molecule has 108 valence electrons. The highest BCUT2D eigenvalue weighted by Crippen LogP contribution is 2.35. The molecular weight excluding hydrogens is 303 g/mol. The minimum Gasteiger partial charge on any atom is -0.494 e. The molecule has 1 aliphatic rings. The minimum absolute atomic E-state index is 0.0315. The Labute approximate surface area is 126 Å². The molecule has 20 heavy (non-hydrogen) atoms. The third kappa shape index (κ3) is 2.99. The lowest BCUT2D eigenvalue weighted by Gasteiger charge is -2.13. The normalized spacial score (nSPS) is 18.3. The number of amides is 2. The monoisotopic (exact) mass is 316 g/mol. The third-order valence-corrected chi connectivity index (χ3v) is 3.74. The molecule has 5 nitrogen and oxygen atoms in total. The summed E-state index contributed by atoms with van der Waals surface area (Å²) in [6.07, 6.45) is 0.222. The molecule has 1 atom stereocenters. The molecule has 1 saturated heterocycles. The van der Waals surface area contributed by atoms with Crippen molar-refractivity contribution in [2.24, 2.45) is 5.92 Å². The van der Waals surface area contributed by atoms with Gasteiger partial charge in [-0.3, -0.25) is 9.59 Å². The van der Waals surface area contributed by atoms with Crippen LogP contribution in [-0.2, 0) is 9.59 Å². The second kappa shape index (κ2) is 5.89. The molecule has 0 bridgehead atoms. The van der Waals surface area contributed by atoms with Crippen LogP contribution in [0.15, 0.2) is 12.1 Å². The van der Waals surface area contributed by atoms with Crippen molar-refractivity contribution in [3.05, 3.63) is 22.2 Å². The molecule has 0 spiro atoms. The molecule has 7 heteroatoms. The van der Waals surface area contributed by atoms with Crippen LogP contribution in [0.4, 0.5) is 5.69 Å². The number of halogens is 2. The van der Waals surface area contributed by atoms with Crippen molar-refractivity contribution in [3.8, 4) is 5.75 Å². The quantitative estimate of drug-likeness (QED) is 0.931. The largest absolute Gasteiger partial charge is 0.494 e. The van der Waals surface area contributed by atoms with Gasteiger partial charge in [0.2, 0.25) is 11.8 Å². The Kier molecular flexibility index (Phi) is 4.40. The number of nitrogens with zero attached hydrogens (tertiary/aromatic N) is 1. The summed E-state index contributed by atoms with van der Waals surface area (Å²) >= 11 is 12.0. The zero-order chi connectivity index (χ0) is 14.9. The van der Waals surface area contributed by atoms with Crippen molar-refractivity contribution in [1.82, 2.24) is 4.90 Å². The van der Waals surface area contributed by atoms with E-state index in [9.17, 15) is 9.59 Å². The van der Waals surface area contributed by atoms with Crippen molar-refractivity contribution in [3.63, 3.8) is 0 Å². The second-order valence-corrected chi connectivity index (χ2v) is 5.45. The number of hydrogen-bond acceptors (Lipinski definition) is 3. The Hall–Kier alpha value is -1.46. The predicted octanol–water partition coefficient (Wildman–Crippen LogP) is 2.42. The first kappa shape index (κ1) is 14.9. The van der Waals surface area contributed by atoms with Gasteiger partial charge in [0.1, 0.15) is 0 Å². The number of carbonyl (C=O) groups excluding carboxylic acids is 2. The number of ether oxygens (including phenoxy) is 1. The highest BCUT2D eigenvalue weighted by Gasteiger charge is 2.32. The summed E-state index contributed by atoms with van der Waals surface area (Å²) in [4.78, 5) is 25.0. The van der Waals surface area contributed by atoms with E-state index in [4.69, 9.17) is 27.9 Å². The van der Waals surface area contributed by atoms with Gasteiger partial charge >= 0.3 is 0 Å². The first-order valence-electron chi connectivity index (χ1n) is 6.00. The Morgan fingerprint density at radius 3 is 2.45 bits per heavy atom. The Morgan fingerprint density at radius 2 is 2.00 bits per heavy atom. The van der Waals surface area contributed by atoms with Gasteiger partial charge in [-0.05, 0) is 12.1 Å².